The van der Waals surface area contributed by atoms with Crippen molar-refractivity contribution in [3.8, 4) is 0 Å². The first-order valence-electron chi connectivity index (χ1n) is 13.0. The number of aliphatic hydroxyl groups is 1. The molecule has 6 rings (SSSR count). The van der Waals surface area contributed by atoms with Gasteiger partial charge in [-0.25, -0.2) is 0 Å². The van der Waals surface area contributed by atoms with Crippen LogP contribution in [0.3, 0.4) is 0 Å². The third-order valence-corrected chi connectivity index (χ3v) is 11.6. The second-order valence-corrected chi connectivity index (χ2v) is 12.7. The van der Waals surface area contributed by atoms with Crippen LogP contribution in [0.2, 0.25) is 0 Å². The van der Waals surface area contributed by atoms with Gasteiger partial charge in [0.1, 0.15) is 0 Å². The van der Waals surface area contributed by atoms with Crippen LogP contribution in [0.15, 0.2) is 11.8 Å². The molecule has 0 aromatic rings. The van der Waals surface area contributed by atoms with Crippen molar-refractivity contribution in [1.82, 2.24) is 0 Å². The van der Waals surface area contributed by atoms with E-state index in [-0.39, 0.29) is 11.9 Å². The number of fused-ring (bicyclic) bond motifs is 7. The van der Waals surface area contributed by atoms with Gasteiger partial charge >= 0.3 is 0 Å². The van der Waals surface area contributed by atoms with E-state index >= 15 is 0 Å². The summed E-state index contributed by atoms with van der Waals surface area (Å²) in [6.45, 7) is 9.82. The first kappa shape index (κ1) is 20.1. The Morgan fingerprint density at radius 1 is 0.967 bits per heavy atom. The van der Waals surface area contributed by atoms with E-state index in [1.54, 1.807) is 0 Å². The molecule has 5 fully saturated rings. The third-order valence-electron chi connectivity index (χ3n) is 11.6. The maximum atomic E-state index is 10.3. The van der Waals surface area contributed by atoms with E-state index < -0.39 is 0 Å². The molecule has 0 amide bonds. The minimum Gasteiger partial charge on any atom is -0.470 e. The fraction of sp³-hybridized carbons (Fsp3) is 0.926. The van der Waals surface area contributed by atoms with Crippen LogP contribution in [0.5, 0.6) is 0 Å². The fourth-order valence-electron chi connectivity index (χ4n) is 10.0. The van der Waals surface area contributed by atoms with Crippen LogP contribution >= 0.6 is 0 Å². The summed E-state index contributed by atoms with van der Waals surface area (Å²) < 4.78 is 13.2. The highest BCUT2D eigenvalue weighted by molar-refractivity contribution is 5.16. The Morgan fingerprint density at radius 2 is 1.77 bits per heavy atom. The molecule has 1 spiro atoms. The molecular weight excluding hydrogens is 372 g/mol. The van der Waals surface area contributed by atoms with Gasteiger partial charge in [-0.1, -0.05) is 20.8 Å². The molecule has 1 N–H and O–H groups in total. The summed E-state index contributed by atoms with van der Waals surface area (Å²) in [5.74, 6) is 4.06. The van der Waals surface area contributed by atoms with Gasteiger partial charge in [-0.05, 0) is 111 Å². The van der Waals surface area contributed by atoms with Gasteiger partial charge < -0.3 is 14.6 Å². The summed E-state index contributed by atoms with van der Waals surface area (Å²) in [6.07, 6.45) is 14.5. The molecule has 4 saturated carbocycles. The second-order valence-electron chi connectivity index (χ2n) is 12.7. The first-order chi connectivity index (χ1) is 14.3. The quantitative estimate of drug-likeness (QED) is 0.523. The number of hydrogen-bond donors (Lipinski definition) is 1. The van der Waals surface area contributed by atoms with Crippen LogP contribution in [0.1, 0.15) is 91.9 Å². The molecule has 0 radical (unpaired) electrons. The van der Waals surface area contributed by atoms with E-state index in [9.17, 15) is 5.11 Å². The number of ether oxygens (including phenoxy) is 2. The monoisotopic (exact) mass is 414 g/mol. The van der Waals surface area contributed by atoms with Crippen LogP contribution in [0.4, 0.5) is 0 Å². The molecule has 0 aromatic carbocycles. The average Bonchev–Trinajstić information content (AvgIpc) is 3.16. The first-order valence-corrected chi connectivity index (χ1v) is 13.0. The van der Waals surface area contributed by atoms with Gasteiger partial charge in [-0.15, -0.1) is 0 Å². The molecule has 168 valence electrons. The second kappa shape index (κ2) is 6.50. The summed E-state index contributed by atoms with van der Waals surface area (Å²) in [4.78, 5) is 0. The molecule has 1 saturated heterocycles. The molecule has 30 heavy (non-hydrogen) atoms. The Morgan fingerprint density at radius 3 is 2.53 bits per heavy atom. The number of hydrogen-bond acceptors (Lipinski definition) is 3. The largest absolute Gasteiger partial charge is 0.470 e. The topological polar surface area (TPSA) is 38.7 Å². The molecule has 3 nitrogen and oxygen atoms in total. The minimum absolute atomic E-state index is 0.0436. The van der Waals surface area contributed by atoms with E-state index in [1.807, 2.05) is 6.26 Å². The number of rotatable bonds is 0. The number of allylic oxidation sites excluding steroid dienone is 1. The predicted molar refractivity (Wildman–Crippen MR) is 117 cm³/mol. The molecule has 0 unspecified atom stereocenters. The molecule has 0 bridgehead atoms. The van der Waals surface area contributed by atoms with Gasteiger partial charge in [-0.2, -0.15) is 0 Å². The SMILES string of the molecule is CC1=CO[C@@]2(CC1)O[C@@H]1C[C@H]3[C@@H]4CC[C@H]5C[C@@H](O)CC[C@]5(C)[C@H]4CC[C@]3(C)[C@H]1[C@H]2C. The van der Waals surface area contributed by atoms with Crippen LogP contribution in [-0.2, 0) is 9.47 Å². The van der Waals surface area contributed by atoms with E-state index in [0.717, 1.165) is 49.4 Å². The van der Waals surface area contributed by atoms with Gasteiger partial charge in [0, 0.05) is 12.3 Å². The van der Waals surface area contributed by atoms with Crippen LogP contribution in [-0.4, -0.2) is 23.1 Å². The van der Waals surface area contributed by atoms with E-state index in [2.05, 4.69) is 27.7 Å². The Balaban J connectivity index is 1.27. The molecule has 6 aliphatic rings. The van der Waals surface area contributed by atoms with Gasteiger partial charge in [-0.3, -0.25) is 0 Å². The highest BCUT2D eigenvalue weighted by atomic mass is 16.7. The van der Waals surface area contributed by atoms with Crippen molar-refractivity contribution in [3.63, 3.8) is 0 Å². The van der Waals surface area contributed by atoms with Crippen molar-refractivity contribution in [1.29, 1.82) is 0 Å². The van der Waals surface area contributed by atoms with Gasteiger partial charge in [0.05, 0.1) is 18.5 Å². The fourth-order valence-corrected chi connectivity index (χ4v) is 10.0. The Labute approximate surface area is 183 Å². The molecular formula is C27H42O3. The van der Waals surface area contributed by atoms with Gasteiger partial charge in [0.2, 0.25) is 5.79 Å². The Hall–Kier alpha value is -0.540. The van der Waals surface area contributed by atoms with Crippen molar-refractivity contribution < 1.29 is 14.6 Å². The zero-order chi connectivity index (χ0) is 20.9. The maximum absolute atomic E-state index is 10.3. The summed E-state index contributed by atoms with van der Waals surface area (Å²) in [7, 11) is 0. The van der Waals surface area contributed by atoms with Crippen LogP contribution < -0.4 is 0 Å². The third kappa shape index (κ3) is 2.51. The molecule has 3 heteroatoms. The highest BCUT2D eigenvalue weighted by Crippen LogP contribution is 2.71. The Kier molecular flexibility index (Phi) is 4.35. The smallest absolute Gasteiger partial charge is 0.213 e. The highest BCUT2D eigenvalue weighted by Gasteiger charge is 2.69. The van der Waals surface area contributed by atoms with Gasteiger partial charge in [0.25, 0.3) is 0 Å². The lowest BCUT2D eigenvalue weighted by Crippen LogP contribution is -2.54. The van der Waals surface area contributed by atoms with Crippen molar-refractivity contribution in [2.24, 2.45) is 46.3 Å². The standard InChI is InChI=1S/C27H42O3/c1-16-7-12-27(29-15-16)17(2)24-23(30-27)14-22-20-6-5-18-13-19(28)8-10-25(18,3)21(20)9-11-26(22,24)4/h15,17-24,28H,5-14H2,1-4H3/t17-,18+,19+,20-,21+,22+,23-,24+,25+,26+,27+/m1/s1. The minimum atomic E-state index is -0.358. The lowest BCUT2D eigenvalue weighted by molar-refractivity contribution is -0.229. The number of aliphatic hydroxyl groups excluding tert-OH is 1. The summed E-state index contributed by atoms with van der Waals surface area (Å²) in [6, 6.07) is 0. The average molecular weight is 415 g/mol. The van der Waals surface area contributed by atoms with Crippen molar-refractivity contribution in [2.75, 3.05) is 0 Å². The Bertz CT molecular complexity index is 746. The van der Waals surface area contributed by atoms with Crippen LogP contribution in [0.25, 0.3) is 0 Å². The van der Waals surface area contributed by atoms with E-state index in [0.29, 0.717) is 28.8 Å². The molecule has 2 heterocycles. The maximum Gasteiger partial charge on any atom is 0.213 e. The van der Waals surface area contributed by atoms with Crippen molar-refractivity contribution in [2.45, 2.75) is 110 Å². The van der Waals surface area contributed by atoms with Crippen molar-refractivity contribution >= 4 is 0 Å². The summed E-state index contributed by atoms with van der Waals surface area (Å²) >= 11 is 0. The van der Waals surface area contributed by atoms with E-state index in [1.165, 1.54) is 44.1 Å². The molecule has 0 aromatic heterocycles. The van der Waals surface area contributed by atoms with Crippen molar-refractivity contribution in [3.05, 3.63) is 11.8 Å². The zero-order valence-electron chi connectivity index (χ0n) is 19.5. The molecule has 11 atom stereocenters. The molecule has 4 aliphatic carbocycles. The lowest BCUT2D eigenvalue weighted by Gasteiger charge is -2.61. The predicted octanol–water partition coefficient (Wildman–Crippen LogP) is 6.06. The zero-order valence-corrected chi connectivity index (χ0v) is 19.5. The molecule has 2 aliphatic heterocycles. The summed E-state index contributed by atoms with van der Waals surface area (Å²) in [5.41, 5.74) is 2.22. The van der Waals surface area contributed by atoms with Gasteiger partial charge in [0.15, 0.2) is 0 Å². The summed E-state index contributed by atoms with van der Waals surface area (Å²) in [5, 5.41) is 10.3. The van der Waals surface area contributed by atoms with E-state index in [4.69, 9.17) is 9.47 Å². The van der Waals surface area contributed by atoms with Crippen LogP contribution in [0, 0.1) is 46.3 Å². The lowest BCUT2D eigenvalue weighted by atomic mass is 9.44. The normalized spacial score (nSPS) is 59.6.